The molecule has 0 radical (unpaired) electrons. The molecule has 2 N–H and O–H groups in total. The second-order valence-electron chi connectivity index (χ2n) is 6.54. The van der Waals surface area contributed by atoms with Gasteiger partial charge in [0.25, 0.3) is 5.91 Å². The molecular weight excluding hydrogens is 454 g/mol. The van der Waals surface area contributed by atoms with Gasteiger partial charge in [-0.25, -0.2) is 9.69 Å². The minimum Gasteiger partial charge on any atom is -0.493 e. The molecule has 9 heteroatoms. The molecule has 1 aliphatic rings. The number of methoxy groups -OCH3 is 2. The summed E-state index contributed by atoms with van der Waals surface area (Å²) >= 11 is 3.39. The van der Waals surface area contributed by atoms with Crippen LogP contribution in [0.15, 0.2) is 46.6 Å². The summed E-state index contributed by atoms with van der Waals surface area (Å²) in [6, 6.07) is 9.97. The molecule has 0 bridgehead atoms. The van der Waals surface area contributed by atoms with E-state index in [-0.39, 0.29) is 5.70 Å². The van der Waals surface area contributed by atoms with Crippen LogP contribution in [-0.4, -0.2) is 43.5 Å². The van der Waals surface area contributed by atoms with Crippen LogP contribution in [-0.2, 0) is 9.59 Å². The Morgan fingerprint density at radius 2 is 1.97 bits per heavy atom. The number of rotatable bonds is 6. The summed E-state index contributed by atoms with van der Waals surface area (Å²) in [5.74, 6) is -0.0923. The summed E-state index contributed by atoms with van der Waals surface area (Å²) in [5, 5.41) is 5.18. The van der Waals surface area contributed by atoms with Crippen molar-refractivity contribution >= 4 is 45.5 Å². The number of hydrogen-bond donors (Lipinski definition) is 2. The molecule has 4 amide bonds. The fraction of sp³-hybridized carbons (Fsp3) is 0.190. The van der Waals surface area contributed by atoms with Gasteiger partial charge in [0.1, 0.15) is 12.2 Å². The van der Waals surface area contributed by atoms with E-state index in [1.165, 1.54) is 20.3 Å². The van der Waals surface area contributed by atoms with E-state index in [2.05, 4.69) is 26.6 Å². The second-order valence-corrected chi connectivity index (χ2v) is 7.39. The predicted molar refractivity (Wildman–Crippen MR) is 115 cm³/mol. The lowest BCUT2D eigenvalue weighted by atomic mass is 10.1. The van der Waals surface area contributed by atoms with Crippen LogP contribution < -0.4 is 20.1 Å². The first-order chi connectivity index (χ1) is 14.3. The third-order valence-electron chi connectivity index (χ3n) is 4.33. The van der Waals surface area contributed by atoms with E-state index < -0.39 is 24.4 Å². The molecular formula is C21H20BrN3O5. The van der Waals surface area contributed by atoms with E-state index in [1.807, 2.05) is 13.0 Å². The molecule has 0 atom stereocenters. The number of carbonyl (C=O) groups is 3. The molecule has 156 valence electrons. The lowest BCUT2D eigenvalue weighted by Crippen LogP contribution is -2.38. The summed E-state index contributed by atoms with van der Waals surface area (Å²) in [5.41, 5.74) is 2.24. The van der Waals surface area contributed by atoms with E-state index in [0.29, 0.717) is 27.2 Å². The van der Waals surface area contributed by atoms with Crippen molar-refractivity contribution in [3.8, 4) is 11.5 Å². The number of carbonyl (C=O) groups excluding carboxylic acids is 3. The Morgan fingerprint density at radius 1 is 1.20 bits per heavy atom. The van der Waals surface area contributed by atoms with Crippen LogP contribution >= 0.6 is 15.9 Å². The van der Waals surface area contributed by atoms with Gasteiger partial charge >= 0.3 is 6.03 Å². The van der Waals surface area contributed by atoms with Gasteiger partial charge in [-0.15, -0.1) is 0 Å². The first kappa shape index (κ1) is 21.4. The van der Waals surface area contributed by atoms with Crippen molar-refractivity contribution in [2.45, 2.75) is 6.92 Å². The Kier molecular flexibility index (Phi) is 6.41. The van der Waals surface area contributed by atoms with Crippen LogP contribution in [0.25, 0.3) is 6.08 Å². The Bertz CT molecular complexity index is 1050. The third kappa shape index (κ3) is 4.62. The Morgan fingerprint density at radius 3 is 2.63 bits per heavy atom. The van der Waals surface area contributed by atoms with E-state index >= 15 is 0 Å². The molecule has 3 rings (SSSR count). The maximum Gasteiger partial charge on any atom is 0.329 e. The molecule has 8 nitrogen and oxygen atoms in total. The minimum atomic E-state index is -0.662. The molecule has 2 aromatic carbocycles. The topological polar surface area (TPSA) is 97.0 Å². The molecule has 0 aliphatic carbocycles. The first-order valence-corrected chi connectivity index (χ1v) is 9.74. The summed E-state index contributed by atoms with van der Waals surface area (Å²) in [6.07, 6.45) is 1.51. The van der Waals surface area contributed by atoms with Gasteiger partial charge in [0.15, 0.2) is 11.5 Å². The fourth-order valence-electron chi connectivity index (χ4n) is 2.97. The predicted octanol–water partition coefficient (Wildman–Crippen LogP) is 3.31. The first-order valence-electron chi connectivity index (χ1n) is 8.95. The molecule has 1 aliphatic heterocycles. The van der Waals surface area contributed by atoms with E-state index in [4.69, 9.17) is 9.47 Å². The van der Waals surface area contributed by atoms with Crippen molar-refractivity contribution in [3.63, 3.8) is 0 Å². The zero-order valence-electron chi connectivity index (χ0n) is 16.6. The highest BCUT2D eigenvalue weighted by Gasteiger charge is 2.35. The van der Waals surface area contributed by atoms with Gasteiger partial charge in [0, 0.05) is 5.69 Å². The quantitative estimate of drug-likeness (QED) is 0.495. The molecule has 0 unspecified atom stereocenters. The number of nitrogens with zero attached hydrogens (tertiary/aromatic N) is 1. The summed E-state index contributed by atoms with van der Waals surface area (Å²) < 4.78 is 11.2. The number of nitrogens with one attached hydrogen (secondary N) is 2. The largest absolute Gasteiger partial charge is 0.493 e. The van der Waals surface area contributed by atoms with Crippen molar-refractivity contribution in [3.05, 3.63) is 57.7 Å². The maximum atomic E-state index is 12.7. The number of aryl methyl sites for hydroxylation is 1. The Balaban J connectivity index is 1.76. The summed E-state index contributed by atoms with van der Waals surface area (Å²) in [7, 11) is 3.01. The average molecular weight is 474 g/mol. The number of halogens is 1. The van der Waals surface area contributed by atoms with Gasteiger partial charge in [-0.1, -0.05) is 12.1 Å². The standard InChI is InChI=1S/C21H20BrN3O5/c1-12-5-4-6-14(7-12)23-18(26)11-25-20(27)16(24-21(25)28)9-13-8-15(22)19(30-3)17(10-13)29-2/h4-10H,11H2,1-3H3,(H,23,26)(H,24,28)/b16-9-. The van der Waals surface area contributed by atoms with Gasteiger partial charge in [0.05, 0.1) is 18.7 Å². The summed E-state index contributed by atoms with van der Waals surface area (Å²) in [6.45, 7) is 1.50. The van der Waals surface area contributed by atoms with Crippen LogP contribution in [0, 0.1) is 6.92 Å². The molecule has 1 saturated heterocycles. The highest BCUT2D eigenvalue weighted by molar-refractivity contribution is 9.10. The van der Waals surface area contributed by atoms with E-state index in [0.717, 1.165) is 10.5 Å². The maximum absolute atomic E-state index is 12.7. The number of benzene rings is 2. The van der Waals surface area contributed by atoms with Crippen molar-refractivity contribution in [2.24, 2.45) is 0 Å². The van der Waals surface area contributed by atoms with Crippen LogP contribution in [0.1, 0.15) is 11.1 Å². The fourth-order valence-corrected chi connectivity index (χ4v) is 3.59. The smallest absolute Gasteiger partial charge is 0.329 e. The van der Waals surface area contributed by atoms with Gasteiger partial charge in [-0.05, 0) is 64.3 Å². The zero-order chi connectivity index (χ0) is 21.8. The highest BCUT2D eigenvalue weighted by atomic mass is 79.9. The lowest BCUT2D eigenvalue weighted by molar-refractivity contribution is -0.127. The van der Waals surface area contributed by atoms with Crippen LogP contribution in [0.3, 0.4) is 0 Å². The normalized spacial score (nSPS) is 14.7. The van der Waals surface area contributed by atoms with Crippen molar-refractivity contribution in [1.82, 2.24) is 10.2 Å². The number of amides is 4. The van der Waals surface area contributed by atoms with Gasteiger partial charge in [-0.3, -0.25) is 9.59 Å². The number of hydrogen-bond acceptors (Lipinski definition) is 5. The van der Waals surface area contributed by atoms with Crippen molar-refractivity contribution in [2.75, 3.05) is 26.1 Å². The number of imide groups is 1. The molecule has 0 saturated carbocycles. The number of urea groups is 1. The SMILES string of the molecule is COc1cc(/C=C2\NC(=O)N(CC(=O)Nc3cccc(C)c3)C2=O)cc(Br)c1OC. The van der Waals surface area contributed by atoms with E-state index in [9.17, 15) is 14.4 Å². The van der Waals surface area contributed by atoms with Crippen LogP contribution in [0.5, 0.6) is 11.5 Å². The molecule has 1 heterocycles. The summed E-state index contributed by atoms with van der Waals surface area (Å²) in [4.78, 5) is 38.0. The monoisotopic (exact) mass is 473 g/mol. The minimum absolute atomic E-state index is 0.0578. The van der Waals surface area contributed by atoms with Crippen LogP contribution in [0.2, 0.25) is 0 Å². The molecule has 0 aromatic heterocycles. The van der Waals surface area contributed by atoms with Crippen molar-refractivity contribution in [1.29, 1.82) is 0 Å². The number of anilines is 1. The Labute approximate surface area is 182 Å². The Hall–Kier alpha value is -3.33. The lowest BCUT2D eigenvalue weighted by Gasteiger charge is -2.12. The number of ether oxygens (including phenoxy) is 2. The second kappa shape index (κ2) is 9.00. The van der Waals surface area contributed by atoms with Crippen molar-refractivity contribution < 1.29 is 23.9 Å². The van der Waals surface area contributed by atoms with E-state index in [1.54, 1.807) is 30.3 Å². The zero-order valence-corrected chi connectivity index (χ0v) is 18.2. The van der Waals surface area contributed by atoms with Gasteiger partial charge < -0.3 is 20.1 Å². The van der Waals surface area contributed by atoms with Gasteiger partial charge in [-0.2, -0.15) is 0 Å². The van der Waals surface area contributed by atoms with Gasteiger partial charge in [0.2, 0.25) is 5.91 Å². The molecule has 0 spiro atoms. The molecule has 1 fully saturated rings. The third-order valence-corrected chi connectivity index (χ3v) is 4.92. The average Bonchev–Trinajstić information content (AvgIpc) is 2.94. The highest BCUT2D eigenvalue weighted by Crippen LogP contribution is 2.37. The molecule has 2 aromatic rings. The molecule has 30 heavy (non-hydrogen) atoms. The van der Waals surface area contributed by atoms with Crippen LogP contribution in [0.4, 0.5) is 10.5 Å².